The summed E-state index contributed by atoms with van der Waals surface area (Å²) in [5.41, 5.74) is 0.846. The molecule has 0 bridgehead atoms. The van der Waals surface area contributed by atoms with Gasteiger partial charge in [-0.3, -0.25) is 0 Å². The van der Waals surface area contributed by atoms with Crippen molar-refractivity contribution < 1.29 is 13.2 Å². The molecule has 20 heavy (non-hydrogen) atoms. The predicted octanol–water partition coefficient (Wildman–Crippen LogP) is 3.72. The second-order valence-corrected chi connectivity index (χ2v) is 8.35. The third-order valence-corrected chi connectivity index (χ3v) is 6.52. The summed E-state index contributed by atoms with van der Waals surface area (Å²) in [6, 6.07) is 7.42. The Morgan fingerprint density at radius 2 is 1.85 bits per heavy atom. The van der Waals surface area contributed by atoms with E-state index in [2.05, 4.69) is 0 Å². The fourth-order valence-corrected chi connectivity index (χ4v) is 5.22. The van der Waals surface area contributed by atoms with Crippen molar-refractivity contribution in [1.29, 1.82) is 0 Å². The molecule has 112 valence electrons. The summed E-state index contributed by atoms with van der Waals surface area (Å²) in [4.78, 5) is 0. The van der Waals surface area contributed by atoms with Crippen LogP contribution in [0.15, 0.2) is 24.3 Å². The highest BCUT2D eigenvalue weighted by atomic mass is 35.5. The molecule has 1 aliphatic heterocycles. The van der Waals surface area contributed by atoms with E-state index in [0.717, 1.165) is 24.2 Å². The highest BCUT2D eigenvalue weighted by Crippen LogP contribution is 2.35. The molecule has 2 atom stereocenters. The van der Waals surface area contributed by atoms with Crippen LogP contribution in [0.1, 0.15) is 44.1 Å². The Morgan fingerprint density at radius 3 is 2.40 bits per heavy atom. The van der Waals surface area contributed by atoms with Gasteiger partial charge in [-0.05, 0) is 44.4 Å². The Kier molecular flexibility index (Phi) is 4.97. The maximum atomic E-state index is 12.1. The minimum atomic E-state index is -3.06. The first-order valence-electron chi connectivity index (χ1n) is 7.02. The monoisotopic (exact) mass is 316 g/mol. The van der Waals surface area contributed by atoms with Crippen LogP contribution in [0.25, 0.3) is 0 Å². The van der Waals surface area contributed by atoms with Crippen molar-refractivity contribution in [3.63, 3.8) is 0 Å². The number of benzene rings is 1. The zero-order valence-corrected chi connectivity index (χ0v) is 13.5. The van der Waals surface area contributed by atoms with Gasteiger partial charge in [0.25, 0.3) is 0 Å². The first-order chi connectivity index (χ1) is 9.40. The Morgan fingerprint density at radius 1 is 1.20 bits per heavy atom. The first-order valence-corrected chi connectivity index (χ1v) is 9.17. The molecule has 1 aromatic rings. The van der Waals surface area contributed by atoms with Crippen LogP contribution < -0.4 is 4.74 Å². The fraction of sp³-hybridized carbons (Fsp3) is 0.600. The van der Waals surface area contributed by atoms with Gasteiger partial charge >= 0.3 is 0 Å². The zero-order chi connectivity index (χ0) is 14.8. The van der Waals surface area contributed by atoms with Crippen LogP contribution in [0.5, 0.6) is 5.75 Å². The molecule has 1 aliphatic rings. The molecule has 1 aromatic carbocycles. The number of ether oxygens (including phenoxy) is 1. The lowest BCUT2D eigenvalue weighted by molar-refractivity contribution is 0.242. The smallest absolute Gasteiger partial charge is 0.154 e. The molecule has 3 nitrogen and oxygen atoms in total. The molecule has 2 unspecified atom stereocenters. The number of hydrogen-bond acceptors (Lipinski definition) is 3. The number of hydrogen-bond donors (Lipinski definition) is 0. The molecular weight excluding hydrogens is 296 g/mol. The normalized spacial score (nSPS) is 23.5. The number of halogens is 1. The molecule has 0 saturated carbocycles. The molecular formula is C15H21ClO3S. The quantitative estimate of drug-likeness (QED) is 0.795. The van der Waals surface area contributed by atoms with Gasteiger partial charge in [-0.15, -0.1) is 11.6 Å². The third-order valence-electron chi connectivity index (χ3n) is 3.53. The Hall–Kier alpha value is -0.740. The van der Waals surface area contributed by atoms with Gasteiger partial charge in [-0.1, -0.05) is 18.6 Å². The lowest BCUT2D eigenvalue weighted by atomic mass is 10.0. The van der Waals surface area contributed by atoms with Crippen molar-refractivity contribution in [3.8, 4) is 5.75 Å². The fourth-order valence-electron chi connectivity index (χ4n) is 2.53. The summed E-state index contributed by atoms with van der Waals surface area (Å²) in [7, 11) is -3.06. The van der Waals surface area contributed by atoms with Crippen LogP contribution in [-0.2, 0) is 9.84 Å². The lowest BCUT2D eigenvalue weighted by Crippen LogP contribution is -2.31. The molecule has 0 spiro atoms. The van der Waals surface area contributed by atoms with Crippen molar-refractivity contribution in [2.75, 3.05) is 5.75 Å². The van der Waals surface area contributed by atoms with Gasteiger partial charge in [-0.2, -0.15) is 0 Å². The molecule has 5 heteroatoms. The van der Waals surface area contributed by atoms with Crippen molar-refractivity contribution >= 4 is 21.4 Å². The van der Waals surface area contributed by atoms with Gasteiger partial charge in [0.2, 0.25) is 0 Å². The van der Waals surface area contributed by atoms with Crippen molar-refractivity contribution in [2.24, 2.45) is 0 Å². The van der Waals surface area contributed by atoms with Gasteiger partial charge in [0.1, 0.15) is 5.75 Å². The average molecular weight is 317 g/mol. The van der Waals surface area contributed by atoms with Crippen molar-refractivity contribution in [1.82, 2.24) is 0 Å². The minimum absolute atomic E-state index is 0.117. The van der Waals surface area contributed by atoms with Gasteiger partial charge in [-0.25, -0.2) is 8.42 Å². The van der Waals surface area contributed by atoms with E-state index in [1.807, 2.05) is 38.1 Å². The van der Waals surface area contributed by atoms with Crippen LogP contribution in [0.2, 0.25) is 0 Å². The Bertz CT molecular complexity index is 537. The molecule has 2 rings (SSSR count). The molecule has 0 aromatic heterocycles. The highest BCUT2D eigenvalue weighted by molar-refractivity contribution is 7.92. The van der Waals surface area contributed by atoms with Gasteiger partial charge < -0.3 is 4.74 Å². The molecule has 0 N–H and O–H groups in total. The van der Waals surface area contributed by atoms with Gasteiger partial charge in [0.05, 0.1) is 22.5 Å². The first kappa shape index (κ1) is 15.6. The second kappa shape index (κ2) is 6.35. The van der Waals surface area contributed by atoms with E-state index in [-0.39, 0.29) is 11.9 Å². The van der Waals surface area contributed by atoms with E-state index in [1.165, 1.54) is 0 Å². The lowest BCUT2D eigenvalue weighted by Gasteiger charge is -2.26. The van der Waals surface area contributed by atoms with E-state index >= 15 is 0 Å². The van der Waals surface area contributed by atoms with Crippen LogP contribution >= 0.6 is 11.6 Å². The van der Waals surface area contributed by atoms with Crippen LogP contribution in [0, 0.1) is 0 Å². The van der Waals surface area contributed by atoms with E-state index in [9.17, 15) is 8.42 Å². The maximum Gasteiger partial charge on any atom is 0.154 e. The van der Waals surface area contributed by atoms with Crippen LogP contribution in [0.3, 0.4) is 0 Å². The summed E-state index contributed by atoms with van der Waals surface area (Å²) in [6.07, 6.45) is 2.46. The Balaban J connectivity index is 2.14. The summed E-state index contributed by atoms with van der Waals surface area (Å²) >= 11 is 6.41. The number of sulfone groups is 1. The zero-order valence-electron chi connectivity index (χ0n) is 11.9. The van der Waals surface area contributed by atoms with Crippen LogP contribution in [-0.4, -0.2) is 25.5 Å². The number of rotatable bonds is 4. The molecule has 0 radical (unpaired) electrons. The van der Waals surface area contributed by atoms with Crippen molar-refractivity contribution in [3.05, 3.63) is 29.8 Å². The SMILES string of the molecule is CC(C)Oc1ccc(C(Cl)C2CCCCS2(=O)=O)cc1. The summed E-state index contributed by atoms with van der Waals surface area (Å²) in [5.74, 6) is 1.04. The largest absolute Gasteiger partial charge is 0.491 e. The minimum Gasteiger partial charge on any atom is -0.491 e. The predicted molar refractivity (Wildman–Crippen MR) is 82.2 cm³/mol. The van der Waals surface area contributed by atoms with E-state index in [4.69, 9.17) is 16.3 Å². The highest BCUT2D eigenvalue weighted by Gasteiger charge is 2.35. The van der Waals surface area contributed by atoms with Crippen LogP contribution in [0.4, 0.5) is 0 Å². The molecule has 1 fully saturated rings. The summed E-state index contributed by atoms with van der Waals surface area (Å²) in [5, 5.41) is -0.941. The molecule has 0 amide bonds. The standard InChI is InChI=1S/C15H21ClO3S/c1-11(2)19-13-8-6-12(7-9-13)15(16)14-5-3-4-10-20(14,17)18/h6-9,11,14-15H,3-5,10H2,1-2H3. The summed E-state index contributed by atoms with van der Waals surface area (Å²) < 4.78 is 29.8. The molecule has 1 heterocycles. The van der Waals surface area contributed by atoms with E-state index < -0.39 is 20.5 Å². The topological polar surface area (TPSA) is 43.4 Å². The molecule has 0 aliphatic carbocycles. The number of alkyl halides is 1. The Labute approximate surface area is 126 Å². The molecule has 1 saturated heterocycles. The summed E-state index contributed by atoms with van der Waals surface area (Å²) in [6.45, 7) is 3.93. The second-order valence-electron chi connectivity index (χ2n) is 5.54. The van der Waals surface area contributed by atoms with Gasteiger partial charge in [0.15, 0.2) is 9.84 Å². The van der Waals surface area contributed by atoms with Gasteiger partial charge in [0, 0.05) is 0 Å². The maximum absolute atomic E-state index is 12.1. The average Bonchev–Trinajstić information content (AvgIpc) is 2.37. The van der Waals surface area contributed by atoms with E-state index in [0.29, 0.717) is 6.42 Å². The third kappa shape index (κ3) is 3.67. The van der Waals surface area contributed by atoms with Crippen molar-refractivity contribution in [2.45, 2.75) is 49.8 Å². The van der Waals surface area contributed by atoms with E-state index in [1.54, 1.807) is 0 Å².